The Kier molecular flexibility index (Phi) is 13.4. The molecule has 0 aliphatic rings. The van der Waals surface area contributed by atoms with Gasteiger partial charge in [-0.2, -0.15) is 0 Å². The van der Waals surface area contributed by atoms with E-state index in [4.69, 9.17) is 5.11 Å². The first-order valence-corrected chi connectivity index (χ1v) is 8.39. The predicted molar refractivity (Wildman–Crippen MR) is 89.8 cm³/mol. The maximum atomic E-state index is 10.4. The molecule has 5 heteroatoms. The third-order valence-electron chi connectivity index (χ3n) is 3.37. The van der Waals surface area contributed by atoms with Gasteiger partial charge in [0.1, 0.15) is 12.2 Å². The molecule has 0 aromatic heterocycles. The predicted octanol–water partition coefficient (Wildman–Crippen LogP) is 2.24. The molecule has 0 aromatic rings. The molecule has 132 valence electrons. The van der Waals surface area contributed by atoms with Crippen molar-refractivity contribution < 1.29 is 25.2 Å². The molecule has 0 amide bonds. The Morgan fingerprint density at radius 1 is 1.04 bits per heavy atom. The van der Waals surface area contributed by atoms with Crippen LogP contribution in [-0.2, 0) is 4.79 Å². The second kappa shape index (κ2) is 14.3. The SMILES string of the molecule is CCCC[C@H](O)C#C[C@@H](O)/C=C\CCCCC[C@H](O)CC(=O)O. The highest BCUT2D eigenvalue weighted by atomic mass is 16.4. The Labute approximate surface area is 139 Å². The second-order valence-corrected chi connectivity index (χ2v) is 5.71. The first-order valence-electron chi connectivity index (χ1n) is 8.39. The van der Waals surface area contributed by atoms with Crippen molar-refractivity contribution >= 4 is 5.97 Å². The molecule has 0 aliphatic carbocycles. The molecule has 0 saturated carbocycles. The molecule has 0 radical (unpaired) electrons. The van der Waals surface area contributed by atoms with E-state index in [0.717, 1.165) is 38.5 Å². The van der Waals surface area contributed by atoms with Crippen LogP contribution in [0, 0.1) is 11.8 Å². The van der Waals surface area contributed by atoms with Crippen molar-refractivity contribution in [2.45, 2.75) is 83.0 Å². The third-order valence-corrected chi connectivity index (χ3v) is 3.37. The molecule has 3 atom stereocenters. The molecule has 0 saturated heterocycles. The number of aliphatic hydroxyl groups is 3. The molecule has 0 heterocycles. The Hall–Kier alpha value is -1.35. The Balaban J connectivity index is 3.70. The van der Waals surface area contributed by atoms with Crippen LogP contribution in [0.1, 0.15) is 64.7 Å². The lowest BCUT2D eigenvalue weighted by molar-refractivity contribution is -0.139. The quantitative estimate of drug-likeness (QED) is 0.250. The van der Waals surface area contributed by atoms with Crippen LogP contribution in [0.3, 0.4) is 0 Å². The molecular formula is C18H30O5. The van der Waals surface area contributed by atoms with E-state index in [9.17, 15) is 20.1 Å². The van der Waals surface area contributed by atoms with Gasteiger partial charge in [0.15, 0.2) is 0 Å². The van der Waals surface area contributed by atoms with E-state index in [1.807, 2.05) is 13.0 Å². The van der Waals surface area contributed by atoms with Crippen molar-refractivity contribution in [3.8, 4) is 11.8 Å². The van der Waals surface area contributed by atoms with Crippen molar-refractivity contribution in [1.29, 1.82) is 0 Å². The number of carboxylic acid groups (broad SMARTS) is 1. The lowest BCUT2D eigenvalue weighted by Gasteiger charge is -2.06. The molecule has 23 heavy (non-hydrogen) atoms. The van der Waals surface area contributed by atoms with Crippen molar-refractivity contribution in [3.05, 3.63) is 12.2 Å². The molecule has 0 bridgehead atoms. The fourth-order valence-corrected chi connectivity index (χ4v) is 2.05. The van der Waals surface area contributed by atoms with Crippen LogP contribution >= 0.6 is 0 Å². The fourth-order valence-electron chi connectivity index (χ4n) is 2.05. The highest BCUT2D eigenvalue weighted by Gasteiger charge is 2.08. The minimum atomic E-state index is -0.977. The van der Waals surface area contributed by atoms with Gasteiger partial charge in [-0.1, -0.05) is 50.5 Å². The van der Waals surface area contributed by atoms with Gasteiger partial charge in [-0.3, -0.25) is 4.79 Å². The summed E-state index contributed by atoms with van der Waals surface area (Å²) in [6.45, 7) is 2.05. The summed E-state index contributed by atoms with van der Waals surface area (Å²) in [5, 5.41) is 37.1. The molecular weight excluding hydrogens is 296 g/mol. The molecule has 0 aliphatic heterocycles. The number of carbonyl (C=O) groups is 1. The zero-order valence-corrected chi connectivity index (χ0v) is 13.9. The maximum Gasteiger partial charge on any atom is 0.305 e. The lowest BCUT2D eigenvalue weighted by atomic mass is 10.1. The molecule has 0 unspecified atom stereocenters. The summed E-state index contributed by atoms with van der Waals surface area (Å²) < 4.78 is 0. The topological polar surface area (TPSA) is 98.0 Å². The number of aliphatic hydroxyl groups excluding tert-OH is 3. The second-order valence-electron chi connectivity index (χ2n) is 5.71. The number of hydrogen-bond acceptors (Lipinski definition) is 4. The zero-order valence-electron chi connectivity index (χ0n) is 13.9. The van der Waals surface area contributed by atoms with Gasteiger partial charge in [0, 0.05) is 0 Å². The van der Waals surface area contributed by atoms with E-state index in [0.29, 0.717) is 12.8 Å². The maximum absolute atomic E-state index is 10.4. The fraction of sp³-hybridized carbons (Fsp3) is 0.722. The Morgan fingerprint density at radius 2 is 1.78 bits per heavy atom. The smallest absolute Gasteiger partial charge is 0.305 e. The van der Waals surface area contributed by atoms with Gasteiger partial charge in [0.25, 0.3) is 0 Å². The van der Waals surface area contributed by atoms with Crippen LogP contribution < -0.4 is 0 Å². The summed E-state index contributed by atoms with van der Waals surface area (Å²) in [6.07, 6.45) is 7.43. The van der Waals surface area contributed by atoms with Crippen molar-refractivity contribution in [1.82, 2.24) is 0 Å². The summed E-state index contributed by atoms with van der Waals surface area (Å²) in [4.78, 5) is 10.4. The van der Waals surface area contributed by atoms with Crippen LogP contribution in [0.2, 0.25) is 0 Å². The molecule has 0 spiro atoms. The van der Waals surface area contributed by atoms with Gasteiger partial charge in [0.05, 0.1) is 12.5 Å². The monoisotopic (exact) mass is 326 g/mol. The van der Waals surface area contributed by atoms with Crippen molar-refractivity contribution in [2.24, 2.45) is 0 Å². The average molecular weight is 326 g/mol. The Morgan fingerprint density at radius 3 is 2.43 bits per heavy atom. The van der Waals surface area contributed by atoms with E-state index >= 15 is 0 Å². The van der Waals surface area contributed by atoms with Crippen LogP contribution in [0.5, 0.6) is 0 Å². The number of aliphatic carboxylic acids is 1. The summed E-state index contributed by atoms with van der Waals surface area (Å²) >= 11 is 0. The normalized spacial score (nSPS) is 15.0. The van der Waals surface area contributed by atoms with Gasteiger partial charge < -0.3 is 20.4 Å². The third kappa shape index (κ3) is 15.3. The van der Waals surface area contributed by atoms with Gasteiger partial charge >= 0.3 is 5.97 Å². The standard InChI is InChI=1S/C18H30O5/c1-2-3-9-15(19)12-13-16(20)10-7-5-4-6-8-11-17(21)14-18(22)23/h7,10,15-17,19-21H,2-6,8-9,11,14H2,1H3,(H,22,23)/b10-7-/t15-,16-,17-/m0/s1. The number of unbranched alkanes of at least 4 members (excludes halogenated alkanes) is 4. The minimum Gasteiger partial charge on any atom is -0.481 e. The van der Waals surface area contributed by atoms with Crippen molar-refractivity contribution in [2.75, 3.05) is 0 Å². The highest BCUT2D eigenvalue weighted by molar-refractivity contribution is 5.67. The van der Waals surface area contributed by atoms with Gasteiger partial charge in [-0.15, -0.1) is 0 Å². The van der Waals surface area contributed by atoms with Crippen molar-refractivity contribution in [3.63, 3.8) is 0 Å². The van der Waals surface area contributed by atoms with Gasteiger partial charge in [0.2, 0.25) is 0 Å². The van der Waals surface area contributed by atoms with Crippen LogP contribution in [0.25, 0.3) is 0 Å². The number of hydrogen-bond donors (Lipinski definition) is 4. The number of carboxylic acids is 1. The van der Waals surface area contributed by atoms with E-state index in [-0.39, 0.29) is 6.42 Å². The average Bonchev–Trinajstić information content (AvgIpc) is 2.49. The molecule has 0 rings (SSSR count). The van der Waals surface area contributed by atoms with Crippen LogP contribution in [-0.4, -0.2) is 44.7 Å². The summed E-state index contributed by atoms with van der Waals surface area (Å²) in [5.74, 6) is 4.26. The molecule has 0 aromatic carbocycles. The van der Waals surface area contributed by atoms with Gasteiger partial charge in [-0.25, -0.2) is 0 Å². The first-order chi connectivity index (χ1) is 11.0. The lowest BCUT2D eigenvalue weighted by Crippen LogP contribution is -2.12. The number of rotatable bonds is 12. The zero-order chi connectivity index (χ0) is 17.5. The van der Waals surface area contributed by atoms with Crippen LogP contribution in [0.15, 0.2) is 12.2 Å². The minimum absolute atomic E-state index is 0.200. The van der Waals surface area contributed by atoms with E-state index < -0.39 is 24.3 Å². The number of allylic oxidation sites excluding steroid dienone is 1. The largest absolute Gasteiger partial charge is 0.481 e. The van der Waals surface area contributed by atoms with E-state index in [1.54, 1.807) is 6.08 Å². The molecule has 5 nitrogen and oxygen atoms in total. The summed E-state index contributed by atoms with van der Waals surface area (Å²) in [7, 11) is 0. The summed E-state index contributed by atoms with van der Waals surface area (Å²) in [5.41, 5.74) is 0. The van der Waals surface area contributed by atoms with E-state index in [1.165, 1.54) is 0 Å². The van der Waals surface area contributed by atoms with Gasteiger partial charge in [-0.05, 0) is 31.8 Å². The molecule has 4 N–H and O–H groups in total. The first kappa shape index (κ1) is 21.6. The Bertz CT molecular complexity index is 394. The highest BCUT2D eigenvalue weighted by Crippen LogP contribution is 2.08. The van der Waals surface area contributed by atoms with Crippen LogP contribution in [0.4, 0.5) is 0 Å². The van der Waals surface area contributed by atoms with E-state index in [2.05, 4.69) is 11.8 Å². The molecule has 0 fully saturated rings. The summed E-state index contributed by atoms with van der Waals surface area (Å²) in [6, 6.07) is 0.